The highest BCUT2D eigenvalue weighted by Gasteiger charge is 2.26. The number of benzene rings is 1. The Morgan fingerprint density at radius 3 is 2.54 bits per heavy atom. The fraction of sp³-hybridized carbons (Fsp3) is 0.364. The average Bonchev–Trinajstić information content (AvgIpc) is 3.41. The molecule has 2 fully saturated rings. The summed E-state index contributed by atoms with van der Waals surface area (Å²) < 4.78 is 13.1. The van der Waals surface area contributed by atoms with Crippen LogP contribution in [0.2, 0.25) is 0 Å². The molecule has 3 aromatic rings. The Morgan fingerprint density at radius 2 is 1.79 bits per heavy atom. The second kappa shape index (κ2) is 7.36. The molecule has 0 radical (unpaired) electrons. The summed E-state index contributed by atoms with van der Waals surface area (Å²) >= 11 is 0. The zero-order valence-electron chi connectivity index (χ0n) is 15.8. The van der Waals surface area contributed by atoms with Crippen molar-refractivity contribution in [3.63, 3.8) is 0 Å². The molecule has 1 aliphatic heterocycles. The fourth-order valence-corrected chi connectivity index (χ4v) is 3.80. The second-order valence-electron chi connectivity index (χ2n) is 7.77. The average molecular weight is 377 g/mol. The number of piperazine rings is 1. The third kappa shape index (κ3) is 3.78. The summed E-state index contributed by atoms with van der Waals surface area (Å²) in [4.78, 5) is 17.5. The fourth-order valence-electron chi connectivity index (χ4n) is 3.80. The molecule has 0 atom stereocenters. The van der Waals surface area contributed by atoms with Gasteiger partial charge in [-0.15, -0.1) is 0 Å². The Hall–Kier alpha value is -2.73. The molecule has 1 aliphatic carbocycles. The van der Waals surface area contributed by atoms with Crippen molar-refractivity contribution in [1.82, 2.24) is 19.9 Å². The minimum absolute atomic E-state index is 0.240. The van der Waals surface area contributed by atoms with Crippen LogP contribution in [0.15, 0.2) is 48.8 Å². The highest BCUT2D eigenvalue weighted by Crippen LogP contribution is 2.30. The van der Waals surface area contributed by atoms with Crippen LogP contribution in [0.4, 0.5) is 10.2 Å². The van der Waals surface area contributed by atoms with Crippen molar-refractivity contribution in [2.75, 3.05) is 37.6 Å². The zero-order valence-corrected chi connectivity index (χ0v) is 15.8. The van der Waals surface area contributed by atoms with Crippen molar-refractivity contribution in [2.24, 2.45) is 5.92 Å². The Labute approximate surface area is 164 Å². The highest BCUT2D eigenvalue weighted by molar-refractivity contribution is 5.66. The second-order valence-corrected chi connectivity index (χ2v) is 7.77. The summed E-state index contributed by atoms with van der Waals surface area (Å²) in [6.45, 7) is 5.51. The Balaban J connectivity index is 1.30. The van der Waals surface area contributed by atoms with E-state index in [4.69, 9.17) is 0 Å². The maximum absolute atomic E-state index is 13.1. The number of halogens is 1. The molecule has 1 aromatic carbocycles. The topological polar surface area (TPSA) is 48.1 Å². The van der Waals surface area contributed by atoms with E-state index in [1.54, 1.807) is 12.1 Å². The molecule has 2 aromatic heterocycles. The van der Waals surface area contributed by atoms with E-state index < -0.39 is 0 Å². The number of hydrogen-bond donors (Lipinski definition) is 1. The van der Waals surface area contributed by atoms with Crippen LogP contribution < -0.4 is 4.90 Å². The van der Waals surface area contributed by atoms with E-state index in [0.29, 0.717) is 0 Å². The molecule has 28 heavy (non-hydrogen) atoms. The third-order valence-electron chi connectivity index (χ3n) is 5.65. The predicted molar refractivity (Wildman–Crippen MR) is 109 cm³/mol. The van der Waals surface area contributed by atoms with E-state index in [1.165, 1.54) is 31.5 Å². The first-order valence-corrected chi connectivity index (χ1v) is 10.00. The molecule has 5 nitrogen and oxygen atoms in total. The van der Waals surface area contributed by atoms with Gasteiger partial charge >= 0.3 is 0 Å². The summed E-state index contributed by atoms with van der Waals surface area (Å²) in [5.74, 6) is 2.51. The lowest BCUT2D eigenvalue weighted by Gasteiger charge is -2.35. The molecular weight excluding hydrogens is 353 g/mol. The molecule has 0 amide bonds. The first-order chi connectivity index (χ1) is 13.7. The van der Waals surface area contributed by atoms with Crippen molar-refractivity contribution < 1.29 is 4.39 Å². The molecule has 0 spiro atoms. The van der Waals surface area contributed by atoms with Crippen molar-refractivity contribution in [1.29, 1.82) is 0 Å². The Bertz CT molecular complexity index is 940. The summed E-state index contributed by atoms with van der Waals surface area (Å²) in [5, 5.41) is 0. The number of rotatable bonds is 5. The van der Waals surface area contributed by atoms with Crippen LogP contribution in [0.25, 0.3) is 22.6 Å². The van der Waals surface area contributed by atoms with Gasteiger partial charge in [0.1, 0.15) is 17.5 Å². The highest BCUT2D eigenvalue weighted by atomic mass is 19.1. The molecule has 0 unspecified atom stereocenters. The van der Waals surface area contributed by atoms with Gasteiger partial charge in [0.25, 0.3) is 0 Å². The van der Waals surface area contributed by atoms with Gasteiger partial charge < -0.3 is 9.88 Å². The molecule has 3 heterocycles. The van der Waals surface area contributed by atoms with Gasteiger partial charge in [-0.05, 0) is 55.2 Å². The molecule has 6 heteroatoms. The summed E-state index contributed by atoms with van der Waals surface area (Å²) in [6, 6.07) is 10.5. The lowest BCUT2D eigenvalue weighted by Crippen LogP contribution is -2.47. The molecule has 5 rings (SSSR count). The van der Waals surface area contributed by atoms with E-state index >= 15 is 0 Å². The molecule has 0 bridgehead atoms. The van der Waals surface area contributed by atoms with Crippen LogP contribution in [-0.4, -0.2) is 52.6 Å². The van der Waals surface area contributed by atoms with E-state index in [1.807, 2.05) is 18.5 Å². The zero-order chi connectivity index (χ0) is 18.9. The SMILES string of the molecule is Fc1ccc(-c2c[nH]c(-c3ccnc(N4CCN(CC5CC5)CC4)c3)n2)cc1. The van der Waals surface area contributed by atoms with E-state index in [9.17, 15) is 4.39 Å². The van der Waals surface area contributed by atoms with Gasteiger partial charge in [0.05, 0.1) is 5.69 Å². The number of aromatic nitrogens is 3. The molecule has 144 valence electrons. The molecule has 1 saturated carbocycles. The van der Waals surface area contributed by atoms with Crippen molar-refractivity contribution in [2.45, 2.75) is 12.8 Å². The van der Waals surface area contributed by atoms with Gasteiger partial charge in [-0.1, -0.05) is 0 Å². The van der Waals surface area contributed by atoms with Crippen LogP contribution in [0.3, 0.4) is 0 Å². The minimum Gasteiger partial charge on any atom is -0.354 e. The maximum atomic E-state index is 13.1. The normalized spacial score (nSPS) is 17.8. The lowest BCUT2D eigenvalue weighted by atomic mass is 10.2. The minimum atomic E-state index is -0.240. The molecule has 1 saturated heterocycles. The third-order valence-corrected chi connectivity index (χ3v) is 5.65. The van der Waals surface area contributed by atoms with Crippen molar-refractivity contribution >= 4 is 5.82 Å². The Kier molecular flexibility index (Phi) is 4.56. The molecule has 2 aliphatic rings. The number of pyridine rings is 1. The van der Waals surface area contributed by atoms with E-state index in [2.05, 4.69) is 30.8 Å². The van der Waals surface area contributed by atoms with Crippen molar-refractivity contribution in [3.8, 4) is 22.6 Å². The van der Waals surface area contributed by atoms with Crippen LogP contribution >= 0.6 is 0 Å². The number of anilines is 1. The van der Waals surface area contributed by atoms with Gasteiger partial charge in [-0.25, -0.2) is 14.4 Å². The van der Waals surface area contributed by atoms with Gasteiger partial charge in [-0.2, -0.15) is 0 Å². The van der Waals surface area contributed by atoms with Gasteiger partial charge in [0.15, 0.2) is 0 Å². The number of hydrogen-bond acceptors (Lipinski definition) is 4. The first-order valence-electron chi connectivity index (χ1n) is 10.00. The van der Waals surface area contributed by atoms with Gasteiger partial charge in [0.2, 0.25) is 0 Å². The van der Waals surface area contributed by atoms with Crippen LogP contribution in [-0.2, 0) is 0 Å². The number of imidazole rings is 1. The van der Waals surface area contributed by atoms with Crippen LogP contribution in [0.1, 0.15) is 12.8 Å². The van der Waals surface area contributed by atoms with Crippen molar-refractivity contribution in [3.05, 3.63) is 54.6 Å². The quantitative estimate of drug-likeness (QED) is 0.735. The number of nitrogens with zero attached hydrogens (tertiary/aromatic N) is 4. The largest absolute Gasteiger partial charge is 0.354 e. The van der Waals surface area contributed by atoms with Crippen LogP contribution in [0, 0.1) is 11.7 Å². The molecule has 1 N–H and O–H groups in total. The number of H-pyrrole nitrogens is 1. The smallest absolute Gasteiger partial charge is 0.138 e. The van der Waals surface area contributed by atoms with Gasteiger partial charge in [0, 0.05) is 56.2 Å². The van der Waals surface area contributed by atoms with Gasteiger partial charge in [-0.3, -0.25) is 4.90 Å². The maximum Gasteiger partial charge on any atom is 0.138 e. The van der Waals surface area contributed by atoms with E-state index in [-0.39, 0.29) is 5.82 Å². The number of aromatic amines is 1. The predicted octanol–water partition coefficient (Wildman–Crippen LogP) is 3.81. The summed E-state index contributed by atoms with van der Waals surface area (Å²) in [7, 11) is 0. The molecular formula is C22H24FN5. The van der Waals surface area contributed by atoms with Crippen LogP contribution in [0.5, 0.6) is 0 Å². The monoisotopic (exact) mass is 377 g/mol. The first kappa shape index (κ1) is 17.4. The lowest BCUT2D eigenvalue weighted by molar-refractivity contribution is 0.247. The summed E-state index contributed by atoms with van der Waals surface area (Å²) in [6.07, 6.45) is 6.53. The standard InChI is InChI=1S/C22H24FN5/c23-19-5-3-17(4-6-19)20-14-25-22(26-20)18-7-8-24-21(13-18)28-11-9-27(10-12-28)15-16-1-2-16/h3-8,13-14,16H,1-2,9-12,15H2,(H,25,26). The Morgan fingerprint density at radius 1 is 1.00 bits per heavy atom. The summed E-state index contributed by atoms with van der Waals surface area (Å²) in [5.41, 5.74) is 2.71. The number of nitrogens with one attached hydrogen (secondary N) is 1. The van der Waals surface area contributed by atoms with E-state index in [0.717, 1.165) is 60.6 Å².